The third-order valence-electron chi connectivity index (χ3n) is 1.69. The van der Waals surface area contributed by atoms with Crippen molar-refractivity contribution in [2.75, 3.05) is 5.73 Å². The molecular formula is C7H4ClN3O2S. The highest BCUT2D eigenvalue weighted by molar-refractivity contribution is 7.22. The van der Waals surface area contributed by atoms with Gasteiger partial charge in [0.2, 0.25) is 0 Å². The zero-order valence-corrected chi connectivity index (χ0v) is 8.30. The number of benzene rings is 1. The molecule has 0 bridgehead atoms. The van der Waals surface area contributed by atoms with Crippen LogP contribution in [0.15, 0.2) is 12.1 Å². The van der Waals surface area contributed by atoms with Gasteiger partial charge in [-0.2, -0.15) is 0 Å². The number of halogens is 1. The third-order valence-corrected chi connectivity index (χ3v) is 2.90. The Kier molecular flexibility index (Phi) is 2.01. The molecule has 0 saturated heterocycles. The zero-order valence-electron chi connectivity index (χ0n) is 6.73. The second-order valence-electron chi connectivity index (χ2n) is 2.55. The van der Waals surface area contributed by atoms with Crippen LogP contribution >= 0.6 is 22.9 Å². The molecule has 0 atom stereocenters. The molecule has 1 aromatic carbocycles. The van der Waals surface area contributed by atoms with E-state index in [-0.39, 0.29) is 10.8 Å². The normalized spacial score (nSPS) is 10.6. The monoisotopic (exact) mass is 229 g/mol. The van der Waals surface area contributed by atoms with Crippen molar-refractivity contribution in [2.24, 2.45) is 0 Å². The lowest BCUT2D eigenvalue weighted by atomic mass is 10.3. The van der Waals surface area contributed by atoms with Gasteiger partial charge in [0.05, 0.1) is 9.95 Å². The van der Waals surface area contributed by atoms with Crippen molar-refractivity contribution < 1.29 is 4.92 Å². The molecule has 0 unspecified atom stereocenters. The second kappa shape index (κ2) is 3.07. The van der Waals surface area contributed by atoms with Crippen molar-refractivity contribution in [3.8, 4) is 0 Å². The number of fused-ring (bicyclic) bond motifs is 1. The van der Waals surface area contributed by atoms with E-state index in [4.69, 9.17) is 17.3 Å². The largest absolute Gasteiger partial charge is 0.375 e. The van der Waals surface area contributed by atoms with Crippen molar-refractivity contribution in [1.82, 2.24) is 4.98 Å². The smallest absolute Gasteiger partial charge is 0.288 e. The van der Waals surface area contributed by atoms with Crippen LogP contribution in [0.5, 0.6) is 0 Å². The molecule has 2 aromatic rings. The van der Waals surface area contributed by atoms with Gasteiger partial charge >= 0.3 is 0 Å². The number of nitrogen functional groups attached to an aromatic ring is 1. The van der Waals surface area contributed by atoms with E-state index in [9.17, 15) is 10.1 Å². The first-order valence-corrected chi connectivity index (χ1v) is 4.78. The molecule has 0 aliphatic heterocycles. The zero-order chi connectivity index (χ0) is 10.3. The minimum atomic E-state index is -0.476. The van der Waals surface area contributed by atoms with E-state index in [0.717, 1.165) is 11.3 Å². The van der Waals surface area contributed by atoms with E-state index >= 15 is 0 Å². The summed E-state index contributed by atoms with van der Waals surface area (Å²) in [7, 11) is 0. The summed E-state index contributed by atoms with van der Waals surface area (Å²) < 4.78 is 0.417. The predicted molar refractivity (Wildman–Crippen MR) is 55.7 cm³/mol. The molecule has 0 aliphatic rings. The number of nitro benzene ring substituents is 1. The van der Waals surface area contributed by atoms with Crippen molar-refractivity contribution >= 4 is 44.0 Å². The SMILES string of the molecule is Nc1nc2c(Cl)ccc([N+](=O)[O-])c2s1. The summed E-state index contributed by atoms with van der Waals surface area (Å²) in [4.78, 5) is 14.1. The van der Waals surface area contributed by atoms with E-state index in [1.165, 1.54) is 12.1 Å². The Morgan fingerprint density at radius 1 is 1.57 bits per heavy atom. The van der Waals surface area contributed by atoms with Crippen LogP contribution in [0.2, 0.25) is 5.02 Å². The molecule has 14 heavy (non-hydrogen) atoms. The maximum atomic E-state index is 10.6. The molecule has 0 radical (unpaired) electrons. The van der Waals surface area contributed by atoms with Gasteiger partial charge in [-0.3, -0.25) is 10.1 Å². The number of hydrogen-bond acceptors (Lipinski definition) is 5. The Bertz CT molecular complexity index is 525. The molecule has 7 heteroatoms. The summed E-state index contributed by atoms with van der Waals surface area (Å²) in [5, 5.41) is 11.3. The number of nitrogens with zero attached hydrogens (tertiary/aromatic N) is 2. The fourth-order valence-electron chi connectivity index (χ4n) is 1.12. The van der Waals surface area contributed by atoms with Crippen molar-refractivity contribution in [2.45, 2.75) is 0 Å². The standard InChI is InChI=1S/C7H4ClN3O2S/c8-3-1-2-4(11(12)13)6-5(3)10-7(9)14-6/h1-2H,(H2,9,10). The first-order valence-electron chi connectivity index (χ1n) is 3.58. The molecule has 0 saturated carbocycles. The maximum Gasteiger partial charge on any atom is 0.288 e. The molecule has 2 N–H and O–H groups in total. The Balaban J connectivity index is 2.87. The topological polar surface area (TPSA) is 82.0 Å². The number of non-ortho nitro benzene ring substituents is 1. The van der Waals surface area contributed by atoms with Crippen molar-refractivity contribution in [1.29, 1.82) is 0 Å². The molecule has 2 rings (SSSR count). The molecule has 0 amide bonds. The highest BCUT2D eigenvalue weighted by atomic mass is 35.5. The van der Waals surface area contributed by atoms with Crippen LogP contribution < -0.4 is 5.73 Å². The average molecular weight is 230 g/mol. The quantitative estimate of drug-likeness (QED) is 0.601. The van der Waals surface area contributed by atoms with E-state index in [2.05, 4.69) is 4.98 Å². The van der Waals surface area contributed by atoms with Crippen LogP contribution in [-0.2, 0) is 0 Å². The number of aromatic nitrogens is 1. The van der Waals surface area contributed by atoms with Gasteiger partial charge in [0.25, 0.3) is 5.69 Å². The molecule has 72 valence electrons. The highest BCUT2D eigenvalue weighted by Gasteiger charge is 2.17. The average Bonchev–Trinajstić information content (AvgIpc) is 2.47. The van der Waals surface area contributed by atoms with Gasteiger partial charge in [0.1, 0.15) is 10.2 Å². The summed E-state index contributed by atoms with van der Waals surface area (Å²) in [6.45, 7) is 0. The first kappa shape index (κ1) is 9.17. The minimum Gasteiger partial charge on any atom is -0.375 e. The van der Waals surface area contributed by atoms with Gasteiger partial charge in [0, 0.05) is 6.07 Å². The van der Waals surface area contributed by atoms with Crippen LogP contribution in [0, 0.1) is 10.1 Å². The van der Waals surface area contributed by atoms with Gasteiger partial charge in [-0.25, -0.2) is 4.98 Å². The van der Waals surface area contributed by atoms with Crippen LogP contribution in [0.1, 0.15) is 0 Å². The number of nitro groups is 1. The predicted octanol–water partition coefficient (Wildman–Crippen LogP) is 2.44. The van der Waals surface area contributed by atoms with Crippen molar-refractivity contribution in [3.63, 3.8) is 0 Å². The number of rotatable bonds is 1. The summed E-state index contributed by atoms with van der Waals surface area (Å²) in [6.07, 6.45) is 0. The van der Waals surface area contributed by atoms with Crippen LogP contribution in [0.4, 0.5) is 10.8 Å². The molecule has 0 fully saturated rings. The Labute approximate surface area is 87.3 Å². The first-order chi connectivity index (χ1) is 6.59. The van der Waals surface area contributed by atoms with Gasteiger partial charge in [0.15, 0.2) is 5.13 Å². The van der Waals surface area contributed by atoms with Gasteiger partial charge in [-0.15, -0.1) is 0 Å². The second-order valence-corrected chi connectivity index (χ2v) is 3.99. The van der Waals surface area contributed by atoms with Gasteiger partial charge < -0.3 is 5.73 Å². The fourth-order valence-corrected chi connectivity index (χ4v) is 2.22. The lowest BCUT2D eigenvalue weighted by molar-refractivity contribution is -0.382. The van der Waals surface area contributed by atoms with Crippen molar-refractivity contribution in [3.05, 3.63) is 27.3 Å². The molecule has 5 nitrogen and oxygen atoms in total. The number of anilines is 1. The number of hydrogen-bond donors (Lipinski definition) is 1. The summed E-state index contributed by atoms with van der Waals surface area (Å²) in [5.74, 6) is 0. The Hall–Kier alpha value is -1.40. The third kappa shape index (κ3) is 1.28. The van der Waals surface area contributed by atoms with Gasteiger partial charge in [-0.1, -0.05) is 22.9 Å². The number of nitrogens with two attached hydrogens (primary N) is 1. The molecule has 1 aromatic heterocycles. The Morgan fingerprint density at radius 3 is 2.93 bits per heavy atom. The van der Waals surface area contributed by atoms with E-state index in [0.29, 0.717) is 15.2 Å². The molecule has 0 spiro atoms. The maximum absolute atomic E-state index is 10.6. The summed E-state index contributed by atoms with van der Waals surface area (Å²) in [5.41, 5.74) is 5.83. The van der Waals surface area contributed by atoms with Crippen LogP contribution in [-0.4, -0.2) is 9.91 Å². The molecule has 1 heterocycles. The van der Waals surface area contributed by atoms with E-state index in [1.54, 1.807) is 0 Å². The molecular weight excluding hydrogens is 226 g/mol. The van der Waals surface area contributed by atoms with E-state index < -0.39 is 4.92 Å². The minimum absolute atomic E-state index is 0.0152. The number of thiazole rings is 1. The van der Waals surface area contributed by atoms with Gasteiger partial charge in [-0.05, 0) is 6.07 Å². The lowest BCUT2D eigenvalue weighted by Crippen LogP contribution is -1.87. The van der Waals surface area contributed by atoms with Crippen LogP contribution in [0.25, 0.3) is 10.2 Å². The summed E-state index contributed by atoms with van der Waals surface area (Å²) in [6, 6.07) is 2.80. The fraction of sp³-hybridized carbons (Fsp3) is 0. The van der Waals surface area contributed by atoms with Crippen LogP contribution in [0.3, 0.4) is 0 Å². The molecule has 0 aliphatic carbocycles. The van der Waals surface area contributed by atoms with E-state index in [1.807, 2.05) is 0 Å². The highest BCUT2D eigenvalue weighted by Crippen LogP contribution is 2.36. The lowest BCUT2D eigenvalue weighted by Gasteiger charge is -1.93. The Morgan fingerprint density at radius 2 is 2.29 bits per heavy atom. The summed E-state index contributed by atoms with van der Waals surface area (Å²) >= 11 is 6.87.